The van der Waals surface area contributed by atoms with Crippen LogP contribution in [-0.2, 0) is 0 Å². The van der Waals surface area contributed by atoms with Gasteiger partial charge >= 0.3 is 0 Å². The molecule has 0 aliphatic heterocycles. The summed E-state index contributed by atoms with van der Waals surface area (Å²) in [5, 5.41) is 14.6. The number of nitro benzene ring substituents is 1. The van der Waals surface area contributed by atoms with Crippen LogP contribution >= 0.6 is 0 Å². The summed E-state index contributed by atoms with van der Waals surface area (Å²) >= 11 is 0. The molecule has 2 rings (SSSR count). The fourth-order valence-corrected chi connectivity index (χ4v) is 1.98. The molecule has 0 atom stereocenters. The number of nitrogens with one attached hydrogen (secondary N) is 1. The van der Waals surface area contributed by atoms with Gasteiger partial charge < -0.3 is 4.74 Å². The predicted octanol–water partition coefficient (Wildman–Crippen LogP) is 3.54. The van der Waals surface area contributed by atoms with Crippen LogP contribution in [0.3, 0.4) is 0 Å². The van der Waals surface area contributed by atoms with Crippen LogP contribution in [0.25, 0.3) is 0 Å². The van der Waals surface area contributed by atoms with Crippen LogP contribution in [0.1, 0.15) is 35.7 Å². The van der Waals surface area contributed by atoms with Crippen LogP contribution in [0.2, 0.25) is 0 Å². The molecule has 2 aromatic rings. The third-order valence-corrected chi connectivity index (χ3v) is 3.35. The molecule has 0 aliphatic carbocycles. The molecule has 130 valence electrons. The highest BCUT2D eigenvalue weighted by molar-refractivity contribution is 5.95. The molecule has 1 amide bonds. The number of ether oxygens (including phenoxy) is 1. The Balaban J connectivity index is 1.90. The Morgan fingerprint density at radius 3 is 2.72 bits per heavy atom. The van der Waals surface area contributed by atoms with Crippen molar-refractivity contribution in [1.29, 1.82) is 0 Å². The normalized spacial score (nSPS) is 10.6. The van der Waals surface area contributed by atoms with Crippen molar-refractivity contribution < 1.29 is 14.5 Å². The summed E-state index contributed by atoms with van der Waals surface area (Å²) in [5.41, 5.74) is 3.17. The number of benzene rings is 2. The van der Waals surface area contributed by atoms with Crippen molar-refractivity contribution in [2.24, 2.45) is 5.10 Å². The van der Waals surface area contributed by atoms with Crippen LogP contribution in [0, 0.1) is 10.1 Å². The molecule has 0 fully saturated rings. The van der Waals surface area contributed by atoms with E-state index < -0.39 is 10.8 Å². The third-order valence-electron chi connectivity index (χ3n) is 3.35. The molecule has 1 N–H and O–H groups in total. The Bertz CT molecular complexity index is 757. The monoisotopic (exact) mass is 341 g/mol. The molecule has 0 bridgehead atoms. The quantitative estimate of drug-likeness (QED) is 0.344. The molecule has 2 aromatic carbocycles. The first-order chi connectivity index (χ1) is 12.1. The highest BCUT2D eigenvalue weighted by Gasteiger charge is 2.10. The molecule has 7 heteroatoms. The number of non-ortho nitro benzene ring substituents is 1. The van der Waals surface area contributed by atoms with Crippen LogP contribution in [0.4, 0.5) is 5.69 Å². The van der Waals surface area contributed by atoms with Gasteiger partial charge in [-0.3, -0.25) is 14.9 Å². The lowest BCUT2D eigenvalue weighted by atomic mass is 10.2. The summed E-state index contributed by atoms with van der Waals surface area (Å²) in [5.74, 6) is 0.269. The zero-order chi connectivity index (χ0) is 18.1. The largest absolute Gasteiger partial charge is 0.494 e. The first-order valence-electron chi connectivity index (χ1n) is 7.91. The molecule has 0 spiro atoms. The smallest absolute Gasteiger partial charge is 0.271 e. The van der Waals surface area contributed by atoms with E-state index in [9.17, 15) is 14.9 Å². The zero-order valence-corrected chi connectivity index (χ0v) is 13.8. The average molecular weight is 341 g/mol. The second kappa shape index (κ2) is 9.17. The van der Waals surface area contributed by atoms with Gasteiger partial charge in [0.1, 0.15) is 5.75 Å². The molecule has 0 heterocycles. The third kappa shape index (κ3) is 5.72. The zero-order valence-electron chi connectivity index (χ0n) is 13.8. The number of carbonyl (C=O) groups excluding carboxylic acids is 1. The summed E-state index contributed by atoms with van der Waals surface area (Å²) < 4.78 is 5.56. The number of rotatable bonds is 8. The second-order valence-corrected chi connectivity index (χ2v) is 5.28. The van der Waals surface area contributed by atoms with E-state index >= 15 is 0 Å². The SMILES string of the molecule is CCCCOc1ccc(/C=N\NC(=O)c2cccc([N+](=O)[O-])c2)cc1. The van der Waals surface area contributed by atoms with Crippen molar-refractivity contribution in [3.05, 3.63) is 69.8 Å². The summed E-state index contributed by atoms with van der Waals surface area (Å²) in [6.07, 6.45) is 3.58. The Morgan fingerprint density at radius 1 is 1.28 bits per heavy atom. The predicted molar refractivity (Wildman–Crippen MR) is 95.0 cm³/mol. The van der Waals surface area contributed by atoms with Gasteiger partial charge in [0.15, 0.2) is 0 Å². The van der Waals surface area contributed by atoms with E-state index in [0.29, 0.717) is 6.61 Å². The van der Waals surface area contributed by atoms with E-state index in [1.807, 2.05) is 24.3 Å². The summed E-state index contributed by atoms with van der Waals surface area (Å²) in [7, 11) is 0. The Kier molecular flexibility index (Phi) is 6.65. The molecule has 0 unspecified atom stereocenters. The number of unbranched alkanes of at least 4 members (excludes halogenated alkanes) is 1. The van der Waals surface area contributed by atoms with Crippen molar-refractivity contribution in [2.45, 2.75) is 19.8 Å². The van der Waals surface area contributed by atoms with Gasteiger partial charge in [-0.1, -0.05) is 19.4 Å². The highest BCUT2D eigenvalue weighted by Crippen LogP contribution is 2.13. The van der Waals surface area contributed by atoms with E-state index in [1.165, 1.54) is 30.5 Å². The molecule has 0 saturated heterocycles. The number of hydrogen-bond donors (Lipinski definition) is 1. The van der Waals surface area contributed by atoms with Crippen LogP contribution in [-0.4, -0.2) is 23.7 Å². The topological polar surface area (TPSA) is 93.8 Å². The molecule has 0 aromatic heterocycles. The number of nitrogens with zero attached hydrogens (tertiary/aromatic N) is 2. The van der Waals surface area contributed by atoms with E-state index in [2.05, 4.69) is 17.5 Å². The van der Waals surface area contributed by atoms with Crippen LogP contribution < -0.4 is 10.2 Å². The Morgan fingerprint density at radius 2 is 2.04 bits per heavy atom. The molecule has 0 saturated carbocycles. The molecular weight excluding hydrogens is 322 g/mol. The lowest BCUT2D eigenvalue weighted by Crippen LogP contribution is -2.17. The number of carbonyl (C=O) groups is 1. The first-order valence-corrected chi connectivity index (χ1v) is 7.91. The standard InChI is InChI=1S/C18H19N3O4/c1-2-3-11-25-17-9-7-14(8-10-17)13-19-20-18(22)15-5-4-6-16(12-15)21(23)24/h4-10,12-13H,2-3,11H2,1H3,(H,20,22)/b19-13-. The maximum atomic E-state index is 11.9. The van der Waals surface area contributed by atoms with E-state index in [1.54, 1.807) is 0 Å². The highest BCUT2D eigenvalue weighted by atomic mass is 16.6. The number of nitro groups is 1. The molecule has 0 aliphatic rings. The van der Waals surface area contributed by atoms with Crippen molar-refractivity contribution in [3.8, 4) is 5.75 Å². The maximum absolute atomic E-state index is 11.9. The molecule has 0 radical (unpaired) electrons. The van der Waals surface area contributed by atoms with Crippen molar-refractivity contribution >= 4 is 17.8 Å². The minimum absolute atomic E-state index is 0.143. The van der Waals surface area contributed by atoms with E-state index in [0.717, 1.165) is 24.2 Å². The Labute approximate surface area is 145 Å². The van der Waals surface area contributed by atoms with Gasteiger partial charge in [0.2, 0.25) is 0 Å². The lowest BCUT2D eigenvalue weighted by molar-refractivity contribution is -0.384. The van der Waals surface area contributed by atoms with Gasteiger partial charge in [-0.25, -0.2) is 5.43 Å². The van der Waals surface area contributed by atoms with Gasteiger partial charge in [0.25, 0.3) is 11.6 Å². The minimum atomic E-state index is -0.551. The fourth-order valence-electron chi connectivity index (χ4n) is 1.98. The summed E-state index contributed by atoms with van der Waals surface area (Å²) in [6, 6.07) is 12.8. The Hall–Kier alpha value is -3.22. The number of hydrogen-bond acceptors (Lipinski definition) is 5. The average Bonchev–Trinajstić information content (AvgIpc) is 2.63. The van der Waals surface area contributed by atoms with Crippen LogP contribution in [0.5, 0.6) is 5.75 Å². The van der Waals surface area contributed by atoms with Crippen molar-refractivity contribution in [1.82, 2.24) is 5.43 Å². The molecular formula is C18H19N3O4. The lowest BCUT2D eigenvalue weighted by Gasteiger charge is -2.05. The summed E-state index contributed by atoms with van der Waals surface area (Å²) in [6.45, 7) is 2.79. The number of hydrazone groups is 1. The van der Waals surface area contributed by atoms with Gasteiger partial charge in [0, 0.05) is 17.7 Å². The number of amides is 1. The maximum Gasteiger partial charge on any atom is 0.271 e. The van der Waals surface area contributed by atoms with Gasteiger partial charge in [-0.05, 0) is 42.3 Å². The molecule has 7 nitrogen and oxygen atoms in total. The first kappa shape index (κ1) is 18.1. The van der Waals surface area contributed by atoms with Crippen molar-refractivity contribution in [3.63, 3.8) is 0 Å². The van der Waals surface area contributed by atoms with Crippen molar-refractivity contribution in [2.75, 3.05) is 6.61 Å². The fraction of sp³-hybridized carbons (Fsp3) is 0.222. The minimum Gasteiger partial charge on any atom is -0.494 e. The summed E-state index contributed by atoms with van der Waals surface area (Å²) in [4.78, 5) is 22.1. The van der Waals surface area contributed by atoms with Gasteiger partial charge in [-0.15, -0.1) is 0 Å². The van der Waals surface area contributed by atoms with E-state index in [4.69, 9.17) is 4.74 Å². The van der Waals surface area contributed by atoms with Gasteiger partial charge in [-0.2, -0.15) is 5.10 Å². The second-order valence-electron chi connectivity index (χ2n) is 5.28. The molecule has 25 heavy (non-hydrogen) atoms. The van der Waals surface area contributed by atoms with Crippen LogP contribution in [0.15, 0.2) is 53.6 Å². The van der Waals surface area contributed by atoms with E-state index in [-0.39, 0.29) is 11.3 Å². The van der Waals surface area contributed by atoms with Gasteiger partial charge in [0.05, 0.1) is 17.7 Å².